The van der Waals surface area contributed by atoms with Crippen molar-refractivity contribution in [2.75, 3.05) is 17.6 Å². The Balaban J connectivity index is 1.94. The molecular weight excluding hydrogens is 328 g/mol. The molecule has 0 spiro atoms. The lowest BCUT2D eigenvalue weighted by Gasteiger charge is -2.09. The molecule has 6 heteroatoms. The number of nitrogens with one attached hydrogen (secondary N) is 1. The predicted molar refractivity (Wildman–Crippen MR) is 82.0 cm³/mol. The summed E-state index contributed by atoms with van der Waals surface area (Å²) in [6.45, 7) is 0.754. The summed E-state index contributed by atoms with van der Waals surface area (Å²) in [5.74, 6) is -0.971. The van der Waals surface area contributed by atoms with Crippen molar-refractivity contribution in [2.24, 2.45) is 0 Å². The van der Waals surface area contributed by atoms with Gasteiger partial charge in [-0.3, -0.25) is 0 Å². The molecule has 0 radical (unpaired) electrons. The van der Waals surface area contributed by atoms with Crippen LogP contribution in [0.5, 0.6) is 0 Å². The molecule has 0 bridgehead atoms. The Morgan fingerprint density at radius 1 is 1.37 bits per heavy atom. The zero-order valence-electron chi connectivity index (χ0n) is 10.0. The summed E-state index contributed by atoms with van der Waals surface area (Å²) in [6.07, 6.45) is 0.899. The molecule has 0 saturated carbocycles. The molecule has 0 fully saturated rings. The topological polar surface area (TPSA) is 75.4 Å². The van der Waals surface area contributed by atoms with E-state index in [0.29, 0.717) is 5.69 Å². The van der Waals surface area contributed by atoms with Crippen molar-refractivity contribution in [3.8, 4) is 0 Å². The number of rotatable bonds is 5. The Bertz CT molecular complexity index is 598. The SMILES string of the molecule is Nc1cc(C(=O)O)ccc1NCCc1ccc(Br)s1. The van der Waals surface area contributed by atoms with Crippen LogP contribution in [0.2, 0.25) is 0 Å². The van der Waals surface area contributed by atoms with Gasteiger partial charge < -0.3 is 16.2 Å². The third-order valence-electron chi connectivity index (χ3n) is 2.61. The predicted octanol–water partition coefficient (Wildman–Crippen LogP) is 3.45. The number of hydrogen-bond donors (Lipinski definition) is 3. The quantitative estimate of drug-likeness (QED) is 0.728. The lowest BCUT2D eigenvalue weighted by atomic mass is 10.1. The van der Waals surface area contributed by atoms with Crippen LogP contribution in [0.4, 0.5) is 11.4 Å². The standard InChI is InChI=1S/C13H13BrN2O2S/c14-12-4-2-9(19-12)5-6-16-11-3-1-8(13(17)18)7-10(11)15/h1-4,7,16H,5-6,15H2,(H,17,18). The third kappa shape index (κ3) is 3.71. The zero-order valence-corrected chi connectivity index (χ0v) is 12.4. The Kier molecular flexibility index (Phi) is 4.44. The minimum atomic E-state index is -0.971. The van der Waals surface area contributed by atoms with Crippen LogP contribution in [-0.2, 0) is 6.42 Å². The van der Waals surface area contributed by atoms with Gasteiger partial charge >= 0.3 is 5.97 Å². The Labute approximate surface area is 123 Å². The highest BCUT2D eigenvalue weighted by molar-refractivity contribution is 9.11. The van der Waals surface area contributed by atoms with Gasteiger partial charge in [0.15, 0.2) is 0 Å². The summed E-state index contributed by atoms with van der Waals surface area (Å²) in [4.78, 5) is 12.1. The molecule has 0 aliphatic carbocycles. The molecule has 1 heterocycles. The molecule has 4 nitrogen and oxygen atoms in total. The van der Waals surface area contributed by atoms with Crippen molar-refractivity contribution in [3.63, 3.8) is 0 Å². The summed E-state index contributed by atoms with van der Waals surface area (Å²) < 4.78 is 1.12. The van der Waals surface area contributed by atoms with Crippen LogP contribution in [0.25, 0.3) is 0 Å². The first-order valence-corrected chi connectivity index (χ1v) is 7.28. The smallest absolute Gasteiger partial charge is 0.335 e. The average molecular weight is 341 g/mol. The fourth-order valence-corrected chi connectivity index (χ4v) is 3.15. The normalized spacial score (nSPS) is 10.4. The van der Waals surface area contributed by atoms with E-state index in [-0.39, 0.29) is 5.56 Å². The number of carboxylic acid groups (broad SMARTS) is 1. The van der Waals surface area contributed by atoms with E-state index in [9.17, 15) is 4.79 Å². The number of benzene rings is 1. The Hall–Kier alpha value is -1.53. The van der Waals surface area contributed by atoms with Gasteiger partial charge in [0.05, 0.1) is 20.7 Å². The van der Waals surface area contributed by atoms with E-state index in [1.165, 1.54) is 10.9 Å². The van der Waals surface area contributed by atoms with Gasteiger partial charge in [0.25, 0.3) is 0 Å². The van der Waals surface area contributed by atoms with Crippen molar-refractivity contribution in [3.05, 3.63) is 44.6 Å². The van der Waals surface area contributed by atoms with E-state index >= 15 is 0 Å². The molecule has 2 rings (SSSR count). The molecule has 1 aromatic carbocycles. The van der Waals surface area contributed by atoms with Crippen LogP contribution < -0.4 is 11.1 Å². The van der Waals surface area contributed by atoms with Gasteiger partial charge in [0.1, 0.15) is 0 Å². The number of hydrogen-bond acceptors (Lipinski definition) is 4. The van der Waals surface area contributed by atoms with Gasteiger partial charge in [0.2, 0.25) is 0 Å². The van der Waals surface area contributed by atoms with Gasteiger partial charge in [-0.05, 0) is 52.7 Å². The summed E-state index contributed by atoms with van der Waals surface area (Å²) >= 11 is 5.13. The molecule has 4 N–H and O–H groups in total. The molecular formula is C13H13BrN2O2S. The molecule has 0 amide bonds. The number of halogens is 1. The molecule has 0 aliphatic heterocycles. The second kappa shape index (κ2) is 6.08. The number of thiophene rings is 1. The lowest BCUT2D eigenvalue weighted by Crippen LogP contribution is -2.07. The largest absolute Gasteiger partial charge is 0.478 e. The minimum Gasteiger partial charge on any atom is -0.478 e. The highest BCUT2D eigenvalue weighted by Crippen LogP contribution is 2.23. The highest BCUT2D eigenvalue weighted by atomic mass is 79.9. The van der Waals surface area contributed by atoms with E-state index in [0.717, 1.165) is 22.4 Å². The first-order chi connectivity index (χ1) is 9.06. The van der Waals surface area contributed by atoms with E-state index in [2.05, 4.69) is 27.3 Å². The van der Waals surface area contributed by atoms with Gasteiger partial charge in [-0.25, -0.2) is 4.79 Å². The van der Waals surface area contributed by atoms with Crippen LogP contribution in [0.3, 0.4) is 0 Å². The van der Waals surface area contributed by atoms with Gasteiger partial charge in [0, 0.05) is 11.4 Å². The maximum absolute atomic E-state index is 10.8. The zero-order chi connectivity index (χ0) is 13.8. The fourth-order valence-electron chi connectivity index (χ4n) is 1.66. The van der Waals surface area contributed by atoms with E-state index in [1.807, 2.05) is 6.07 Å². The van der Waals surface area contributed by atoms with Crippen LogP contribution >= 0.6 is 27.3 Å². The highest BCUT2D eigenvalue weighted by Gasteiger charge is 2.06. The summed E-state index contributed by atoms with van der Waals surface area (Å²) in [5.41, 5.74) is 7.23. The van der Waals surface area contributed by atoms with Gasteiger partial charge in [-0.2, -0.15) is 0 Å². The molecule has 1 aromatic heterocycles. The van der Waals surface area contributed by atoms with Crippen molar-refractivity contribution in [1.82, 2.24) is 0 Å². The summed E-state index contributed by atoms with van der Waals surface area (Å²) in [5, 5.41) is 12.1. The summed E-state index contributed by atoms with van der Waals surface area (Å²) in [7, 11) is 0. The number of nitrogen functional groups attached to an aromatic ring is 1. The van der Waals surface area contributed by atoms with Gasteiger partial charge in [-0.1, -0.05) is 0 Å². The molecule has 19 heavy (non-hydrogen) atoms. The van der Waals surface area contributed by atoms with Crippen LogP contribution in [0, 0.1) is 0 Å². The maximum atomic E-state index is 10.8. The number of carboxylic acids is 1. The van der Waals surface area contributed by atoms with E-state index < -0.39 is 5.97 Å². The fraction of sp³-hybridized carbons (Fsp3) is 0.154. The van der Waals surface area contributed by atoms with E-state index in [4.69, 9.17) is 10.8 Å². The number of aromatic carboxylic acids is 1. The average Bonchev–Trinajstić information content (AvgIpc) is 2.77. The monoisotopic (exact) mass is 340 g/mol. The van der Waals surface area contributed by atoms with Crippen LogP contribution in [-0.4, -0.2) is 17.6 Å². The van der Waals surface area contributed by atoms with Crippen molar-refractivity contribution in [2.45, 2.75) is 6.42 Å². The molecule has 100 valence electrons. The molecule has 0 unspecified atom stereocenters. The van der Waals surface area contributed by atoms with Crippen molar-refractivity contribution < 1.29 is 9.90 Å². The maximum Gasteiger partial charge on any atom is 0.335 e. The summed E-state index contributed by atoms with van der Waals surface area (Å²) in [6, 6.07) is 8.81. The molecule has 0 atom stereocenters. The Morgan fingerprint density at radius 3 is 2.74 bits per heavy atom. The lowest BCUT2D eigenvalue weighted by molar-refractivity contribution is 0.0697. The number of nitrogens with two attached hydrogens (primary N) is 1. The van der Waals surface area contributed by atoms with Crippen LogP contribution in [0.15, 0.2) is 34.1 Å². The van der Waals surface area contributed by atoms with Crippen molar-refractivity contribution >= 4 is 44.6 Å². The second-order valence-corrected chi connectivity index (χ2v) is 6.54. The molecule has 2 aromatic rings. The third-order valence-corrected chi connectivity index (χ3v) is 4.30. The molecule has 0 aliphatic rings. The molecule has 0 saturated heterocycles. The number of anilines is 2. The second-order valence-electron chi connectivity index (χ2n) is 3.99. The first kappa shape index (κ1) is 13.9. The Morgan fingerprint density at radius 2 is 2.16 bits per heavy atom. The van der Waals surface area contributed by atoms with Crippen molar-refractivity contribution in [1.29, 1.82) is 0 Å². The number of carbonyl (C=O) groups is 1. The first-order valence-electron chi connectivity index (χ1n) is 5.67. The van der Waals surface area contributed by atoms with Gasteiger partial charge in [-0.15, -0.1) is 11.3 Å². The van der Waals surface area contributed by atoms with E-state index in [1.54, 1.807) is 23.5 Å². The van der Waals surface area contributed by atoms with Crippen LogP contribution in [0.1, 0.15) is 15.2 Å². The minimum absolute atomic E-state index is 0.199.